The van der Waals surface area contributed by atoms with Crippen molar-refractivity contribution >= 4 is 45.1 Å². The lowest BCUT2D eigenvalue weighted by Crippen LogP contribution is -2.32. The molecule has 0 spiro atoms. The van der Waals surface area contributed by atoms with Crippen LogP contribution in [0, 0.1) is 17.0 Å². The van der Waals surface area contributed by atoms with Gasteiger partial charge in [-0.3, -0.25) is 19.8 Å². The molecule has 3 aromatic carbocycles. The molecule has 0 N–H and O–H groups in total. The highest BCUT2D eigenvalue weighted by molar-refractivity contribution is 9.10. The molecule has 1 aliphatic rings. The Morgan fingerprint density at radius 2 is 1.77 bits per heavy atom. The number of halogens is 1. The van der Waals surface area contributed by atoms with Crippen molar-refractivity contribution in [3.05, 3.63) is 110 Å². The zero-order valence-corrected chi connectivity index (χ0v) is 17.5. The van der Waals surface area contributed by atoms with Gasteiger partial charge in [0.15, 0.2) is 0 Å². The van der Waals surface area contributed by atoms with Gasteiger partial charge in [0.25, 0.3) is 11.6 Å². The fourth-order valence-corrected chi connectivity index (χ4v) is 3.50. The highest BCUT2D eigenvalue weighted by Crippen LogP contribution is 2.30. The number of aryl methyl sites for hydroxylation is 1. The van der Waals surface area contributed by atoms with Crippen molar-refractivity contribution in [3.63, 3.8) is 0 Å². The number of nitro benzene ring substituents is 1. The van der Waals surface area contributed by atoms with E-state index in [-0.39, 0.29) is 17.3 Å². The summed E-state index contributed by atoms with van der Waals surface area (Å²) in [5.41, 5.74) is 2.85. The summed E-state index contributed by atoms with van der Waals surface area (Å²) < 4.78 is 0.911. The molecule has 1 aliphatic heterocycles. The smallest absolute Gasteiger partial charge is 0.266 e. The maximum Gasteiger partial charge on any atom is 0.282 e. The molecule has 0 saturated carbocycles. The average molecular weight is 462 g/mol. The van der Waals surface area contributed by atoms with Crippen LogP contribution in [0.1, 0.15) is 16.7 Å². The molecule has 0 aliphatic carbocycles. The molecule has 0 atom stereocenters. The van der Waals surface area contributed by atoms with Gasteiger partial charge >= 0.3 is 0 Å². The Bertz CT molecular complexity index is 1220. The summed E-state index contributed by atoms with van der Waals surface area (Å²) in [7, 11) is 0. The minimum atomic E-state index is -0.469. The summed E-state index contributed by atoms with van der Waals surface area (Å²) in [6.07, 6.45) is 1.47. The Morgan fingerprint density at radius 3 is 2.47 bits per heavy atom. The maximum atomic E-state index is 13.3. The number of rotatable bonds is 4. The van der Waals surface area contributed by atoms with Gasteiger partial charge in [0.1, 0.15) is 11.5 Å². The fraction of sp³-hybridized carbons (Fsp3) is 0.0435. The van der Waals surface area contributed by atoms with Gasteiger partial charge in [-0.05, 0) is 48.9 Å². The molecule has 3 aromatic rings. The molecule has 0 fully saturated rings. The van der Waals surface area contributed by atoms with E-state index < -0.39 is 4.92 Å². The number of carbonyl (C=O) groups is 1. The third kappa shape index (κ3) is 3.79. The number of amidine groups is 1. The Balaban J connectivity index is 1.86. The summed E-state index contributed by atoms with van der Waals surface area (Å²) in [5.74, 6) is 0.139. The summed E-state index contributed by atoms with van der Waals surface area (Å²) in [4.78, 5) is 30.3. The molecule has 0 bridgehead atoms. The molecule has 7 heteroatoms. The van der Waals surface area contributed by atoms with Crippen LogP contribution in [0.3, 0.4) is 0 Å². The van der Waals surface area contributed by atoms with Crippen LogP contribution in [0.4, 0.5) is 11.4 Å². The average Bonchev–Trinajstić information content (AvgIpc) is 3.05. The SMILES string of the molecule is Cc1cccc(N2C(=O)/C(=C\c3ccccc3[N+](=O)[O-])N=C2c2ccc(Br)cc2)c1. The Hall–Kier alpha value is -3.58. The van der Waals surface area contributed by atoms with E-state index in [1.54, 1.807) is 18.2 Å². The second kappa shape index (κ2) is 8.04. The van der Waals surface area contributed by atoms with E-state index in [1.807, 2.05) is 55.5 Å². The number of carbonyl (C=O) groups excluding carboxylic acids is 1. The lowest BCUT2D eigenvalue weighted by molar-refractivity contribution is -0.385. The number of anilines is 1. The Morgan fingerprint density at radius 1 is 1.03 bits per heavy atom. The third-order valence-corrected chi connectivity index (χ3v) is 5.18. The van der Waals surface area contributed by atoms with Crippen molar-refractivity contribution in [2.75, 3.05) is 4.90 Å². The van der Waals surface area contributed by atoms with Gasteiger partial charge in [0.05, 0.1) is 16.2 Å². The number of nitro groups is 1. The Labute approximate surface area is 181 Å². The zero-order chi connectivity index (χ0) is 21.3. The van der Waals surface area contributed by atoms with Gasteiger partial charge in [-0.25, -0.2) is 4.99 Å². The van der Waals surface area contributed by atoms with Crippen LogP contribution < -0.4 is 4.90 Å². The molecule has 0 unspecified atom stereocenters. The molecule has 0 saturated heterocycles. The predicted molar refractivity (Wildman–Crippen MR) is 120 cm³/mol. The van der Waals surface area contributed by atoms with Gasteiger partial charge in [-0.15, -0.1) is 0 Å². The van der Waals surface area contributed by atoms with E-state index in [9.17, 15) is 14.9 Å². The van der Waals surface area contributed by atoms with Gasteiger partial charge < -0.3 is 0 Å². The first-order chi connectivity index (χ1) is 14.4. The molecule has 30 heavy (non-hydrogen) atoms. The second-order valence-corrected chi connectivity index (χ2v) is 7.68. The maximum absolute atomic E-state index is 13.3. The van der Waals surface area contributed by atoms with Crippen LogP contribution in [-0.4, -0.2) is 16.7 Å². The number of hydrogen-bond acceptors (Lipinski definition) is 4. The van der Waals surface area contributed by atoms with Crippen LogP contribution in [0.5, 0.6) is 0 Å². The first-order valence-electron chi connectivity index (χ1n) is 9.15. The van der Waals surface area contributed by atoms with E-state index in [2.05, 4.69) is 20.9 Å². The number of para-hydroxylation sites is 1. The van der Waals surface area contributed by atoms with E-state index in [1.165, 1.54) is 17.0 Å². The van der Waals surface area contributed by atoms with Gasteiger partial charge in [-0.1, -0.05) is 52.3 Å². The zero-order valence-electron chi connectivity index (χ0n) is 15.9. The van der Waals surface area contributed by atoms with Crippen LogP contribution in [0.2, 0.25) is 0 Å². The largest absolute Gasteiger partial charge is 0.282 e. The molecule has 1 heterocycles. The number of hydrogen-bond donors (Lipinski definition) is 0. The van der Waals surface area contributed by atoms with Crippen molar-refractivity contribution in [1.82, 2.24) is 0 Å². The second-order valence-electron chi connectivity index (χ2n) is 6.77. The summed E-state index contributed by atoms with van der Waals surface area (Å²) in [6, 6.07) is 21.3. The van der Waals surface area contributed by atoms with Crippen LogP contribution in [0.15, 0.2) is 88.0 Å². The first kappa shape index (κ1) is 19.7. The minimum Gasteiger partial charge on any atom is -0.266 e. The van der Waals surface area contributed by atoms with Crippen molar-refractivity contribution in [3.8, 4) is 0 Å². The van der Waals surface area contributed by atoms with Crippen LogP contribution >= 0.6 is 15.9 Å². The molecule has 4 rings (SSSR count). The van der Waals surface area contributed by atoms with Gasteiger partial charge in [0.2, 0.25) is 0 Å². The summed E-state index contributed by atoms with van der Waals surface area (Å²) >= 11 is 3.42. The number of nitrogens with zero attached hydrogens (tertiary/aromatic N) is 3. The van der Waals surface area contributed by atoms with E-state index >= 15 is 0 Å². The topological polar surface area (TPSA) is 75.8 Å². The van der Waals surface area contributed by atoms with Crippen LogP contribution in [-0.2, 0) is 4.79 Å². The third-order valence-electron chi connectivity index (χ3n) is 4.65. The minimum absolute atomic E-state index is 0.0767. The highest BCUT2D eigenvalue weighted by Gasteiger charge is 2.33. The van der Waals surface area contributed by atoms with Crippen molar-refractivity contribution in [2.45, 2.75) is 6.92 Å². The normalized spacial score (nSPS) is 14.9. The summed E-state index contributed by atoms with van der Waals surface area (Å²) in [5, 5.41) is 11.4. The fourth-order valence-electron chi connectivity index (χ4n) is 3.24. The van der Waals surface area contributed by atoms with Crippen molar-refractivity contribution in [2.24, 2.45) is 4.99 Å². The molecule has 148 valence electrons. The number of amides is 1. The predicted octanol–water partition coefficient (Wildman–Crippen LogP) is 5.50. The number of aliphatic imine (C=N–C) groups is 1. The highest BCUT2D eigenvalue weighted by atomic mass is 79.9. The molecular formula is C23H16BrN3O3. The van der Waals surface area contributed by atoms with Gasteiger partial charge in [-0.2, -0.15) is 0 Å². The summed E-state index contributed by atoms with van der Waals surface area (Å²) in [6.45, 7) is 1.95. The molecule has 0 aromatic heterocycles. The molecule has 0 radical (unpaired) electrons. The lowest BCUT2D eigenvalue weighted by atomic mass is 10.1. The van der Waals surface area contributed by atoms with Crippen molar-refractivity contribution in [1.29, 1.82) is 0 Å². The Kier molecular flexibility index (Phi) is 5.29. The first-order valence-corrected chi connectivity index (χ1v) is 9.94. The van der Waals surface area contributed by atoms with E-state index in [0.717, 1.165) is 15.6 Å². The quantitative estimate of drug-likeness (QED) is 0.292. The molecular weight excluding hydrogens is 446 g/mol. The van der Waals surface area contributed by atoms with Crippen LogP contribution in [0.25, 0.3) is 6.08 Å². The van der Waals surface area contributed by atoms with Gasteiger partial charge in [0, 0.05) is 16.1 Å². The lowest BCUT2D eigenvalue weighted by Gasteiger charge is -2.19. The van der Waals surface area contributed by atoms with E-state index in [0.29, 0.717) is 17.1 Å². The standard InChI is InChI=1S/C23H16BrN3O3/c1-15-5-4-7-19(13-15)26-22(16-9-11-18(24)12-10-16)25-20(23(26)28)14-17-6-2-3-8-21(17)27(29)30/h2-14H,1H3/b20-14+. The molecule has 1 amide bonds. The van der Waals surface area contributed by atoms with Crippen molar-refractivity contribution < 1.29 is 9.72 Å². The monoisotopic (exact) mass is 461 g/mol. The van der Waals surface area contributed by atoms with E-state index in [4.69, 9.17) is 0 Å². The molecule has 6 nitrogen and oxygen atoms in total. The number of benzene rings is 3.